The molecule has 0 aliphatic rings. The topological polar surface area (TPSA) is 64.1 Å². The van der Waals surface area contributed by atoms with E-state index in [2.05, 4.69) is 29.5 Å². The fourth-order valence-electron chi connectivity index (χ4n) is 2.95. The van der Waals surface area contributed by atoms with Gasteiger partial charge in [0.15, 0.2) is 17.5 Å². The number of aliphatic imine (C=N–C) groups is 1. The Labute approximate surface area is 172 Å². The molecule has 2 rings (SSSR count). The molecule has 6 nitrogen and oxygen atoms in total. The third-order valence-corrected chi connectivity index (χ3v) is 4.76. The molecular formula is C22H30FN3O3. The first-order chi connectivity index (χ1) is 13.8. The average molecular weight is 403 g/mol. The Morgan fingerprint density at radius 1 is 0.966 bits per heavy atom. The number of ether oxygens (including phenoxy) is 3. The highest BCUT2D eigenvalue weighted by atomic mass is 19.1. The first-order valence-electron chi connectivity index (χ1n) is 9.34. The third-order valence-electron chi connectivity index (χ3n) is 4.76. The zero-order valence-electron chi connectivity index (χ0n) is 17.9. The van der Waals surface area contributed by atoms with Gasteiger partial charge in [0.05, 0.1) is 21.3 Å². The van der Waals surface area contributed by atoms with Gasteiger partial charge in [0.1, 0.15) is 11.6 Å². The monoisotopic (exact) mass is 403 g/mol. The molecular weight excluding hydrogens is 373 g/mol. The smallest absolute Gasteiger partial charge is 0.191 e. The maximum atomic E-state index is 13.6. The molecule has 7 heteroatoms. The summed E-state index contributed by atoms with van der Waals surface area (Å²) in [6, 6.07) is 10.3. The number of halogens is 1. The van der Waals surface area contributed by atoms with Crippen molar-refractivity contribution in [3.8, 4) is 17.2 Å². The maximum Gasteiger partial charge on any atom is 0.191 e. The Hall–Kier alpha value is -2.96. The van der Waals surface area contributed by atoms with Crippen LogP contribution < -0.4 is 24.8 Å². The highest BCUT2D eigenvalue weighted by Gasteiger charge is 2.21. The summed E-state index contributed by atoms with van der Waals surface area (Å²) in [6.07, 6.45) is 0. The number of hydrogen-bond acceptors (Lipinski definition) is 4. The molecule has 158 valence electrons. The second-order valence-electron chi connectivity index (χ2n) is 7.19. The van der Waals surface area contributed by atoms with Crippen molar-refractivity contribution in [2.75, 3.05) is 34.9 Å². The second-order valence-corrected chi connectivity index (χ2v) is 7.19. The van der Waals surface area contributed by atoms with Crippen molar-refractivity contribution in [2.45, 2.75) is 25.8 Å². The summed E-state index contributed by atoms with van der Waals surface area (Å²) in [4.78, 5) is 4.27. The minimum Gasteiger partial charge on any atom is -0.496 e. The number of nitrogens with zero attached hydrogens (tertiary/aromatic N) is 1. The van der Waals surface area contributed by atoms with Gasteiger partial charge in [-0.1, -0.05) is 26.0 Å². The number of guanidine groups is 1. The van der Waals surface area contributed by atoms with Gasteiger partial charge in [-0.05, 0) is 23.8 Å². The maximum absolute atomic E-state index is 13.6. The van der Waals surface area contributed by atoms with E-state index in [1.54, 1.807) is 46.6 Å². The largest absolute Gasteiger partial charge is 0.496 e. The Kier molecular flexibility index (Phi) is 7.70. The summed E-state index contributed by atoms with van der Waals surface area (Å²) in [5.41, 5.74) is 1.54. The molecule has 2 aromatic carbocycles. The highest BCUT2D eigenvalue weighted by molar-refractivity contribution is 5.79. The van der Waals surface area contributed by atoms with E-state index in [0.29, 0.717) is 36.3 Å². The van der Waals surface area contributed by atoms with Crippen molar-refractivity contribution in [2.24, 2.45) is 4.99 Å². The summed E-state index contributed by atoms with van der Waals surface area (Å²) in [6.45, 7) is 5.17. The van der Waals surface area contributed by atoms with E-state index < -0.39 is 0 Å². The zero-order chi connectivity index (χ0) is 21.4. The van der Waals surface area contributed by atoms with Crippen LogP contribution in [0.5, 0.6) is 17.2 Å². The average Bonchev–Trinajstić information content (AvgIpc) is 2.73. The van der Waals surface area contributed by atoms with Crippen molar-refractivity contribution in [3.63, 3.8) is 0 Å². The van der Waals surface area contributed by atoms with Gasteiger partial charge in [0, 0.05) is 37.2 Å². The molecule has 0 radical (unpaired) electrons. The van der Waals surface area contributed by atoms with E-state index in [0.717, 1.165) is 11.1 Å². The lowest BCUT2D eigenvalue weighted by atomic mass is 9.84. The first kappa shape index (κ1) is 22.3. The Morgan fingerprint density at radius 3 is 2.21 bits per heavy atom. The van der Waals surface area contributed by atoms with Crippen molar-refractivity contribution >= 4 is 5.96 Å². The van der Waals surface area contributed by atoms with Gasteiger partial charge in [-0.15, -0.1) is 0 Å². The molecule has 0 heterocycles. The lowest BCUT2D eigenvalue weighted by molar-refractivity contribution is 0.347. The van der Waals surface area contributed by atoms with Gasteiger partial charge < -0.3 is 24.8 Å². The van der Waals surface area contributed by atoms with E-state index in [1.807, 2.05) is 12.1 Å². The molecule has 0 saturated heterocycles. The van der Waals surface area contributed by atoms with E-state index in [9.17, 15) is 4.39 Å². The van der Waals surface area contributed by atoms with Gasteiger partial charge in [-0.25, -0.2) is 4.39 Å². The molecule has 0 fully saturated rings. The van der Waals surface area contributed by atoms with Gasteiger partial charge in [0.2, 0.25) is 0 Å². The van der Waals surface area contributed by atoms with Crippen LogP contribution in [0.2, 0.25) is 0 Å². The summed E-state index contributed by atoms with van der Waals surface area (Å²) in [5, 5.41) is 6.58. The van der Waals surface area contributed by atoms with Gasteiger partial charge in [-0.2, -0.15) is 0 Å². The standard InChI is InChI=1S/C22H30FN3O3/c1-22(2,16-8-7-9-17(23)11-16)14-26-21(24-3)25-13-15-10-19(28-5)20(29-6)12-18(15)27-4/h7-12H,13-14H2,1-6H3,(H2,24,25,26). The summed E-state index contributed by atoms with van der Waals surface area (Å²) < 4.78 is 29.7. The molecule has 0 aromatic heterocycles. The van der Waals surface area contributed by atoms with Gasteiger partial charge >= 0.3 is 0 Å². The Balaban J connectivity index is 2.06. The fraction of sp³-hybridized carbons (Fsp3) is 0.409. The van der Waals surface area contributed by atoms with Crippen molar-refractivity contribution in [1.29, 1.82) is 0 Å². The van der Waals surface area contributed by atoms with Gasteiger partial charge in [-0.3, -0.25) is 4.99 Å². The van der Waals surface area contributed by atoms with E-state index in [4.69, 9.17) is 14.2 Å². The van der Waals surface area contributed by atoms with Crippen molar-refractivity contribution in [3.05, 3.63) is 53.3 Å². The lowest BCUT2D eigenvalue weighted by Crippen LogP contribution is -2.43. The van der Waals surface area contributed by atoms with Crippen LogP contribution in [-0.4, -0.2) is 40.9 Å². The zero-order valence-corrected chi connectivity index (χ0v) is 17.9. The van der Waals surface area contributed by atoms with Crippen LogP contribution >= 0.6 is 0 Å². The summed E-state index contributed by atoms with van der Waals surface area (Å²) in [7, 11) is 6.49. The number of methoxy groups -OCH3 is 3. The van der Waals surface area contributed by atoms with Crippen LogP contribution in [0.1, 0.15) is 25.0 Å². The normalized spacial score (nSPS) is 11.8. The van der Waals surface area contributed by atoms with E-state index >= 15 is 0 Å². The summed E-state index contributed by atoms with van der Waals surface area (Å²) in [5.74, 6) is 2.31. The molecule has 0 aliphatic carbocycles. The molecule has 29 heavy (non-hydrogen) atoms. The highest BCUT2D eigenvalue weighted by Crippen LogP contribution is 2.34. The molecule has 2 aromatic rings. The van der Waals surface area contributed by atoms with Crippen molar-refractivity contribution < 1.29 is 18.6 Å². The second kappa shape index (κ2) is 10.0. The number of nitrogens with one attached hydrogen (secondary N) is 2. The van der Waals surface area contributed by atoms with Crippen LogP contribution in [-0.2, 0) is 12.0 Å². The van der Waals surface area contributed by atoms with Gasteiger partial charge in [0.25, 0.3) is 0 Å². The molecule has 0 aliphatic heterocycles. The molecule has 0 amide bonds. The molecule has 2 N–H and O–H groups in total. The van der Waals surface area contributed by atoms with Crippen molar-refractivity contribution in [1.82, 2.24) is 10.6 Å². The Bertz CT molecular complexity index is 853. The van der Waals surface area contributed by atoms with Crippen LogP contribution in [0.15, 0.2) is 41.4 Å². The predicted octanol–water partition coefficient (Wildman–Crippen LogP) is 3.49. The van der Waals surface area contributed by atoms with E-state index in [1.165, 1.54) is 6.07 Å². The quantitative estimate of drug-likeness (QED) is 0.522. The van der Waals surface area contributed by atoms with Crippen LogP contribution in [0.25, 0.3) is 0 Å². The minimum atomic E-state index is -0.277. The Morgan fingerprint density at radius 2 is 1.62 bits per heavy atom. The lowest BCUT2D eigenvalue weighted by Gasteiger charge is -2.27. The number of hydrogen-bond donors (Lipinski definition) is 2. The minimum absolute atomic E-state index is 0.237. The van der Waals surface area contributed by atoms with E-state index in [-0.39, 0.29) is 11.2 Å². The molecule has 0 saturated carbocycles. The SMILES string of the molecule is CN=C(NCc1cc(OC)c(OC)cc1OC)NCC(C)(C)c1cccc(F)c1. The first-order valence-corrected chi connectivity index (χ1v) is 9.34. The fourth-order valence-corrected chi connectivity index (χ4v) is 2.95. The van der Waals surface area contributed by atoms with Crippen LogP contribution in [0, 0.1) is 5.82 Å². The molecule has 0 atom stereocenters. The predicted molar refractivity (Wildman–Crippen MR) is 114 cm³/mol. The number of rotatable bonds is 8. The van der Waals surface area contributed by atoms with Crippen LogP contribution in [0.3, 0.4) is 0 Å². The molecule has 0 unspecified atom stereocenters. The number of benzene rings is 2. The third kappa shape index (κ3) is 5.76. The molecule has 0 spiro atoms. The molecule has 0 bridgehead atoms. The van der Waals surface area contributed by atoms with Crippen LogP contribution in [0.4, 0.5) is 4.39 Å². The summed E-state index contributed by atoms with van der Waals surface area (Å²) >= 11 is 0.